The van der Waals surface area contributed by atoms with Crippen molar-refractivity contribution in [3.63, 3.8) is 0 Å². The zero-order valence-electron chi connectivity index (χ0n) is 10.7. The highest BCUT2D eigenvalue weighted by molar-refractivity contribution is 9.10. The molecular formula is C16H17BrFN. The summed E-state index contributed by atoms with van der Waals surface area (Å²) < 4.78 is 14.0. The molecule has 0 amide bonds. The standard InChI is InChI=1S/C16H17BrFN/c17-16-14(7-4-8-15(16)18)10-13(11-19)9-12-5-2-1-3-6-12/h1-8,13H,9-11,19H2. The van der Waals surface area contributed by atoms with Crippen molar-refractivity contribution >= 4 is 15.9 Å². The number of hydrogen-bond acceptors (Lipinski definition) is 1. The van der Waals surface area contributed by atoms with Crippen LogP contribution in [0, 0.1) is 11.7 Å². The molecule has 19 heavy (non-hydrogen) atoms. The molecule has 0 saturated carbocycles. The Morgan fingerprint density at radius 3 is 2.42 bits per heavy atom. The van der Waals surface area contributed by atoms with Gasteiger partial charge in [0, 0.05) is 0 Å². The van der Waals surface area contributed by atoms with Crippen molar-refractivity contribution in [2.45, 2.75) is 12.8 Å². The fraction of sp³-hybridized carbons (Fsp3) is 0.250. The Labute approximate surface area is 121 Å². The van der Waals surface area contributed by atoms with E-state index in [1.54, 1.807) is 6.07 Å². The summed E-state index contributed by atoms with van der Waals surface area (Å²) in [5.74, 6) is 0.105. The molecular weight excluding hydrogens is 305 g/mol. The van der Waals surface area contributed by atoms with Crippen LogP contribution in [-0.4, -0.2) is 6.54 Å². The largest absolute Gasteiger partial charge is 0.330 e. The third-order valence-electron chi connectivity index (χ3n) is 3.24. The van der Waals surface area contributed by atoms with Crippen LogP contribution < -0.4 is 5.73 Å². The van der Waals surface area contributed by atoms with Crippen molar-refractivity contribution in [2.75, 3.05) is 6.54 Å². The van der Waals surface area contributed by atoms with Crippen molar-refractivity contribution in [2.24, 2.45) is 11.7 Å². The molecule has 2 rings (SSSR count). The predicted molar refractivity (Wildman–Crippen MR) is 80.5 cm³/mol. The summed E-state index contributed by atoms with van der Waals surface area (Å²) in [6.45, 7) is 0.595. The molecule has 1 unspecified atom stereocenters. The van der Waals surface area contributed by atoms with E-state index in [0.717, 1.165) is 18.4 Å². The van der Waals surface area contributed by atoms with E-state index in [9.17, 15) is 4.39 Å². The predicted octanol–water partition coefficient (Wildman–Crippen LogP) is 3.95. The van der Waals surface area contributed by atoms with Gasteiger partial charge in [0.05, 0.1) is 4.47 Å². The molecule has 0 saturated heterocycles. The first-order chi connectivity index (χ1) is 9.20. The highest BCUT2D eigenvalue weighted by atomic mass is 79.9. The van der Waals surface area contributed by atoms with Crippen LogP contribution in [0.1, 0.15) is 11.1 Å². The van der Waals surface area contributed by atoms with Gasteiger partial charge in [-0.15, -0.1) is 0 Å². The molecule has 0 aliphatic carbocycles. The average Bonchev–Trinajstić information content (AvgIpc) is 2.44. The third-order valence-corrected chi connectivity index (χ3v) is 4.13. The molecule has 100 valence electrons. The highest BCUT2D eigenvalue weighted by Crippen LogP contribution is 2.24. The lowest BCUT2D eigenvalue weighted by atomic mass is 9.92. The molecule has 3 heteroatoms. The van der Waals surface area contributed by atoms with E-state index < -0.39 is 0 Å². The molecule has 1 atom stereocenters. The Morgan fingerprint density at radius 1 is 1.00 bits per heavy atom. The van der Waals surface area contributed by atoms with Gasteiger partial charge in [-0.05, 0) is 58.4 Å². The zero-order chi connectivity index (χ0) is 13.7. The molecule has 0 aromatic heterocycles. The van der Waals surface area contributed by atoms with E-state index in [1.165, 1.54) is 11.6 Å². The van der Waals surface area contributed by atoms with Gasteiger partial charge in [0.1, 0.15) is 5.82 Å². The minimum absolute atomic E-state index is 0.215. The minimum atomic E-state index is -0.215. The molecule has 0 heterocycles. The van der Waals surface area contributed by atoms with Crippen molar-refractivity contribution < 1.29 is 4.39 Å². The van der Waals surface area contributed by atoms with E-state index >= 15 is 0 Å². The number of rotatable bonds is 5. The topological polar surface area (TPSA) is 26.0 Å². The van der Waals surface area contributed by atoms with Crippen LogP contribution in [0.4, 0.5) is 4.39 Å². The van der Waals surface area contributed by atoms with Gasteiger partial charge < -0.3 is 5.73 Å². The average molecular weight is 322 g/mol. The van der Waals surface area contributed by atoms with Gasteiger partial charge in [-0.1, -0.05) is 42.5 Å². The van der Waals surface area contributed by atoms with Crippen molar-refractivity contribution in [1.82, 2.24) is 0 Å². The van der Waals surface area contributed by atoms with Gasteiger partial charge in [-0.3, -0.25) is 0 Å². The van der Waals surface area contributed by atoms with E-state index in [2.05, 4.69) is 28.1 Å². The van der Waals surface area contributed by atoms with Crippen LogP contribution in [0.3, 0.4) is 0 Å². The second-order valence-electron chi connectivity index (χ2n) is 4.71. The lowest BCUT2D eigenvalue weighted by molar-refractivity contribution is 0.528. The van der Waals surface area contributed by atoms with Gasteiger partial charge in [0.15, 0.2) is 0 Å². The molecule has 2 aromatic rings. The van der Waals surface area contributed by atoms with Gasteiger partial charge in [-0.25, -0.2) is 4.39 Å². The van der Waals surface area contributed by atoms with E-state index in [1.807, 2.05) is 24.3 Å². The van der Waals surface area contributed by atoms with Gasteiger partial charge in [0.25, 0.3) is 0 Å². The summed E-state index contributed by atoms with van der Waals surface area (Å²) >= 11 is 3.31. The Kier molecular flexibility index (Phi) is 5.11. The lowest BCUT2D eigenvalue weighted by Crippen LogP contribution is -2.19. The van der Waals surface area contributed by atoms with Crippen LogP contribution in [0.2, 0.25) is 0 Å². The maximum Gasteiger partial charge on any atom is 0.137 e. The smallest absolute Gasteiger partial charge is 0.137 e. The SMILES string of the molecule is NCC(Cc1ccccc1)Cc1cccc(F)c1Br. The minimum Gasteiger partial charge on any atom is -0.330 e. The Hall–Kier alpha value is -1.19. The number of benzene rings is 2. The summed E-state index contributed by atoms with van der Waals surface area (Å²) in [5.41, 5.74) is 8.09. The van der Waals surface area contributed by atoms with Gasteiger partial charge >= 0.3 is 0 Å². The summed E-state index contributed by atoms with van der Waals surface area (Å²) in [7, 11) is 0. The van der Waals surface area contributed by atoms with Crippen molar-refractivity contribution in [3.05, 3.63) is 69.9 Å². The van der Waals surface area contributed by atoms with Crippen LogP contribution >= 0.6 is 15.9 Å². The maximum absolute atomic E-state index is 13.5. The molecule has 0 bridgehead atoms. The fourth-order valence-electron chi connectivity index (χ4n) is 2.20. The summed E-state index contributed by atoms with van der Waals surface area (Å²) in [6.07, 6.45) is 1.70. The first-order valence-electron chi connectivity index (χ1n) is 6.37. The van der Waals surface area contributed by atoms with E-state index in [-0.39, 0.29) is 5.82 Å². The molecule has 2 N–H and O–H groups in total. The van der Waals surface area contributed by atoms with Crippen LogP contribution in [-0.2, 0) is 12.8 Å². The number of halogens is 2. The van der Waals surface area contributed by atoms with Crippen LogP contribution in [0.5, 0.6) is 0 Å². The molecule has 0 aliphatic heterocycles. The normalized spacial score (nSPS) is 12.4. The fourth-order valence-corrected chi connectivity index (χ4v) is 2.63. The first kappa shape index (κ1) is 14.2. The zero-order valence-corrected chi connectivity index (χ0v) is 12.2. The molecule has 0 spiro atoms. The Balaban J connectivity index is 2.09. The number of hydrogen-bond donors (Lipinski definition) is 1. The first-order valence-corrected chi connectivity index (χ1v) is 7.17. The third kappa shape index (κ3) is 3.88. The summed E-state index contributed by atoms with van der Waals surface area (Å²) in [4.78, 5) is 0. The monoisotopic (exact) mass is 321 g/mol. The summed E-state index contributed by atoms with van der Waals surface area (Å²) in [5, 5.41) is 0. The Bertz CT molecular complexity index is 528. The maximum atomic E-state index is 13.5. The van der Waals surface area contributed by atoms with E-state index in [0.29, 0.717) is 16.9 Å². The number of nitrogens with two attached hydrogens (primary N) is 1. The van der Waals surface area contributed by atoms with Crippen LogP contribution in [0.15, 0.2) is 53.0 Å². The molecule has 0 fully saturated rings. The molecule has 0 aliphatic rings. The Morgan fingerprint density at radius 2 is 1.74 bits per heavy atom. The van der Waals surface area contributed by atoms with Crippen LogP contribution in [0.25, 0.3) is 0 Å². The van der Waals surface area contributed by atoms with Gasteiger partial charge in [-0.2, -0.15) is 0 Å². The molecule has 0 radical (unpaired) electrons. The second-order valence-corrected chi connectivity index (χ2v) is 5.50. The molecule has 2 aromatic carbocycles. The quantitative estimate of drug-likeness (QED) is 0.886. The van der Waals surface area contributed by atoms with Crippen molar-refractivity contribution in [1.29, 1.82) is 0 Å². The lowest BCUT2D eigenvalue weighted by Gasteiger charge is -2.16. The van der Waals surface area contributed by atoms with Gasteiger partial charge in [0.2, 0.25) is 0 Å². The second kappa shape index (κ2) is 6.83. The highest BCUT2D eigenvalue weighted by Gasteiger charge is 2.12. The molecule has 1 nitrogen and oxygen atoms in total. The van der Waals surface area contributed by atoms with E-state index in [4.69, 9.17) is 5.73 Å². The van der Waals surface area contributed by atoms with Crippen molar-refractivity contribution in [3.8, 4) is 0 Å². The summed E-state index contributed by atoms with van der Waals surface area (Å²) in [6, 6.07) is 15.4.